The number of rotatable bonds is 2. The van der Waals surface area contributed by atoms with E-state index in [0.717, 1.165) is 6.42 Å². The van der Waals surface area contributed by atoms with Crippen LogP contribution in [0.4, 0.5) is 0 Å². The van der Waals surface area contributed by atoms with Gasteiger partial charge in [0, 0.05) is 6.04 Å². The fraction of sp³-hybridized carbons (Fsp3) is 0.875. The van der Waals surface area contributed by atoms with E-state index in [2.05, 4.69) is 21.2 Å². The largest absolute Gasteiger partial charge is 0.351 e. The number of amides is 1. The average Bonchev–Trinajstić information content (AvgIpc) is 2.01. The van der Waals surface area contributed by atoms with Gasteiger partial charge in [-0.1, -0.05) is 15.9 Å². The van der Waals surface area contributed by atoms with E-state index in [1.54, 1.807) is 6.92 Å². The highest BCUT2D eigenvalue weighted by Crippen LogP contribution is 2.12. The lowest BCUT2D eigenvalue weighted by atomic mass is 10.2. The van der Waals surface area contributed by atoms with E-state index in [0.29, 0.717) is 6.42 Å². The molecule has 1 aliphatic rings. The average molecular weight is 284 g/mol. The normalized spacial score (nSPS) is 28.0. The maximum absolute atomic E-state index is 11.3. The van der Waals surface area contributed by atoms with Gasteiger partial charge in [-0.25, -0.2) is 8.42 Å². The summed E-state index contributed by atoms with van der Waals surface area (Å²) in [7, 11) is -2.93. The van der Waals surface area contributed by atoms with Gasteiger partial charge in [0.15, 0.2) is 9.84 Å². The molecule has 4 nitrogen and oxygen atoms in total. The third-order valence-electron chi connectivity index (χ3n) is 2.17. The zero-order chi connectivity index (χ0) is 10.8. The zero-order valence-corrected chi connectivity index (χ0v) is 10.4. The van der Waals surface area contributed by atoms with Crippen molar-refractivity contribution in [3.05, 3.63) is 0 Å². The Kier molecular flexibility index (Phi) is 3.94. The van der Waals surface area contributed by atoms with Gasteiger partial charge in [0.1, 0.15) is 0 Å². The number of carbonyl (C=O) groups is 1. The van der Waals surface area contributed by atoms with Crippen LogP contribution in [0.2, 0.25) is 0 Å². The number of hydrogen-bond acceptors (Lipinski definition) is 3. The third kappa shape index (κ3) is 3.57. The van der Waals surface area contributed by atoms with E-state index in [1.165, 1.54) is 0 Å². The quantitative estimate of drug-likeness (QED) is 0.749. The molecule has 2 atom stereocenters. The van der Waals surface area contributed by atoms with Crippen LogP contribution in [0.1, 0.15) is 19.8 Å². The predicted molar refractivity (Wildman–Crippen MR) is 58.2 cm³/mol. The summed E-state index contributed by atoms with van der Waals surface area (Å²) in [6.45, 7) is 1.71. The van der Waals surface area contributed by atoms with Crippen molar-refractivity contribution < 1.29 is 13.2 Å². The minimum Gasteiger partial charge on any atom is -0.351 e. The molecule has 0 aromatic heterocycles. The van der Waals surface area contributed by atoms with E-state index < -0.39 is 9.84 Å². The second kappa shape index (κ2) is 4.61. The van der Waals surface area contributed by atoms with Crippen LogP contribution in [0.25, 0.3) is 0 Å². The molecule has 0 bridgehead atoms. The highest BCUT2D eigenvalue weighted by atomic mass is 79.9. The number of hydrogen-bond donors (Lipinski definition) is 1. The molecule has 0 aromatic rings. The first-order chi connectivity index (χ1) is 6.41. The molecule has 0 saturated carbocycles. The molecule has 0 spiro atoms. The molecule has 0 aromatic carbocycles. The lowest BCUT2D eigenvalue weighted by molar-refractivity contribution is -0.120. The SMILES string of the molecule is CC(Br)C(=O)NC1CCCS(=O)(=O)C1. The molecule has 1 saturated heterocycles. The summed E-state index contributed by atoms with van der Waals surface area (Å²) in [5.74, 6) is 0.189. The first kappa shape index (κ1) is 12.0. The second-order valence-corrected chi connectivity index (χ2v) is 7.18. The Morgan fingerprint density at radius 2 is 2.21 bits per heavy atom. The fourth-order valence-electron chi connectivity index (χ4n) is 1.45. The van der Waals surface area contributed by atoms with Gasteiger partial charge < -0.3 is 5.32 Å². The summed E-state index contributed by atoms with van der Waals surface area (Å²) < 4.78 is 22.5. The van der Waals surface area contributed by atoms with Gasteiger partial charge in [-0.05, 0) is 19.8 Å². The van der Waals surface area contributed by atoms with Crippen molar-refractivity contribution in [2.45, 2.75) is 30.6 Å². The Labute approximate surface area is 92.5 Å². The molecule has 1 N–H and O–H groups in total. The van der Waals surface area contributed by atoms with Crippen molar-refractivity contribution in [2.75, 3.05) is 11.5 Å². The molecule has 1 heterocycles. The molecule has 1 fully saturated rings. The van der Waals surface area contributed by atoms with Gasteiger partial charge in [0.2, 0.25) is 5.91 Å². The number of sulfone groups is 1. The maximum atomic E-state index is 11.3. The van der Waals surface area contributed by atoms with Gasteiger partial charge >= 0.3 is 0 Å². The van der Waals surface area contributed by atoms with E-state index in [4.69, 9.17) is 0 Å². The van der Waals surface area contributed by atoms with Crippen molar-refractivity contribution >= 4 is 31.7 Å². The smallest absolute Gasteiger partial charge is 0.233 e. The van der Waals surface area contributed by atoms with Gasteiger partial charge in [0.05, 0.1) is 16.3 Å². The second-order valence-electron chi connectivity index (χ2n) is 3.58. The Morgan fingerprint density at radius 1 is 1.57 bits per heavy atom. The highest BCUT2D eigenvalue weighted by Gasteiger charge is 2.26. The molecule has 1 rings (SSSR count). The first-order valence-electron chi connectivity index (χ1n) is 4.55. The third-order valence-corrected chi connectivity index (χ3v) is 4.41. The maximum Gasteiger partial charge on any atom is 0.233 e. The van der Waals surface area contributed by atoms with E-state index in [-0.39, 0.29) is 28.3 Å². The van der Waals surface area contributed by atoms with Gasteiger partial charge in [-0.15, -0.1) is 0 Å². The first-order valence-corrected chi connectivity index (χ1v) is 7.29. The van der Waals surface area contributed by atoms with Crippen molar-refractivity contribution in [2.24, 2.45) is 0 Å². The van der Waals surface area contributed by atoms with Crippen molar-refractivity contribution in [1.29, 1.82) is 0 Å². The summed E-state index contributed by atoms with van der Waals surface area (Å²) in [5, 5.41) is 2.71. The van der Waals surface area contributed by atoms with Crippen molar-refractivity contribution in [1.82, 2.24) is 5.32 Å². The number of carbonyl (C=O) groups excluding carboxylic acids is 1. The standard InChI is InChI=1S/C8H14BrNO3S/c1-6(9)8(11)10-7-3-2-4-14(12,13)5-7/h6-7H,2-5H2,1H3,(H,10,11). The van der Waals surface area contributed by atoms with Crippen LogP contribution in [0.15, 0.2) is 0 Å². The fourth-order valence-corrected chi connectivity index (χ4v) is 3.22. The lowest BCUT2D eigenvalue weighted by Crippen LogP contribution is -2.45. The van der Waals surface area contributed by atoms with E-state index >= 15 is 0 Å². The predicted octanol–water partition coefficient (Wildman–Crippen LogP) is 0.463. The molecule has 1 amide bonds. The summed E-state index contributed by atoms with van der Waals surface area (Å²) in [4.78, 5) is 11.0. The lowest BCUT2D eigenvalue weighted by Gasteiger charge is -2.23. The molecule has 2 unspecified atom stereocenters. The molecular formula is C8H14BrNO3S. The van der Waals surface area contributed by atoms with Crippen LogP contribution in [0, 0.1) is 0 Å². The van der Waals surface area contributed by atoms with Crippen LogP contribution in [0.3, 0.4) is 0 Å². The minimum absolute atomic E-state index is 0.0818. The molecule has 6 heteroatoms. The summed E-state index contributed by atoms with van der Waals surface area (Å²) in [6.07, 6.45) is 1.40. The number of nitrogens with one attached hydrogen (secondary N) is 1. The molecule has 0 radical (unpaired) electrons. The Hall–Kier alpha value is -0.100. The minimum atomic E-state index is -2.93. The summed E-state index contributed by atoms with van der Waals surface area (Å²) in [6, 6.07) is -0.207. The topological polar surface area (TPSA) is 63.2 Å². The highest BCUT2D eigenvalue weighted by molar-refractivity contribution is 9.10. The summed E-state index contributed by atoms with van der Waals surface area (Å²) in [5.41, 5.74) is 0. The molecule has 82 valence electrons. The van der Waals surface area contributed by atoms with Crippen LogP contribution in [-0.4, -0.2) is 36.7 Å². The molecule has 14 heavy (non-hydrogen) atoms. The van der Waals surface area contributed by atoms with Gasteiger partial charge in [-0.3, -0.25) is 4.79 Å². The number of alkyl halides is 1. The van der Waals surface area contributed by atoms with Gasteiger partial charge in [-0.2, -0.15) is 0 Å². The van der Waals surface area contributed by atoms with Crippen LogP contribution < -0.4 is 5.32 Å². The van der Waals surface area contributed by atoms with E-state index in [1.807, 2.05) is 0 Å². The van der Waals surface area contributed by atoms with Crippen LogP contribution in [-0.2, 0) is 14.6 Å². The Morgan fingerprint density at radius 3 is 2.71 bits per heavy atom. The summed E-state index contributed by atoms with van der Waals surface area (Å²) >= 11 is 3.13. The zero-order valence-electron chi connectivity index (χ0n) is 7.99. The Bertz CT molecular complexity index is 313. The molecular weight excluding hydrogens is 270 g/mol. The van der Waals surface area contributed by atoms with Crippen molar-refractivity contribution in [3.63, 3.8) is 0 Å². The monoisotopic (exact) mass is 283 g/mol. The van der Waals surface area contributed by atoms with Crippen LogP contribution >= 0.6 is 15.9 Å². The van der Waals surface area contributed by atoms with E-state index in [9.17, 15) is 13.2 Å². The number of halogens is 1. The van der Waals surface area contributed by atoms with Crippen LogP contribution in [0.5, 0.6) is 0 Å². The van der Waals surface area contributed by atoms with Gasteiger partial charge in [0.25, 0.3) is 0 Å². The van der Waals surface area contributed by atoms with Crippen molar-refractivity contribution in [3.8, 4) is 0 Å². The molecule has 1 aliphatic heterocycles. The Balaban J connectivity index is 2.50. The molecule has 0 aliphatic carbocycles.